The van der Waals surface area contributed by atoms with E-state index in [1.54, 1.807) is 0 Å². The van der Waals surface area contributed by atoms with E-state index < -0.39 is 0 Å². The van der Waals surface area contributed by atoms with Gasteiger partial charge in [0.05, 0.1) is 0 Å². The minimum absolute atomic E-state index is 0.597. The van der Waals surface area contributed by atoms with Crippen LogP contribution in [0.25, 0.3) is 0 Å². The maximum Gasteiger partial charge on any atom is 0.136 e. The summed E-state index contributed by atoms with van der Waals surface area (Å²) in [6, 6.07) is 2.02. The van der Waals surface area contributed by atoms with E-state index in [9.17, 15) is 0 Å². The monoisotopic (exact) mass is 248 g/mol. The van der Waals surface area contributed by atoms with Crippen LogP contribution in [-0.2, 0) is 0 Å². The van der Waals surface area contributed by atoms with Crippen LogP contribution in [0.3, 0.4) is 0 Å². The maximum atomic E-state index is 4.61. The van der Waals surface area contributed by atoms with E-state index in [1.807, 2.05) is 6.07 Å². The molecule has 1 heterocycles. The summed E-state index contributed by atoms with van der Waals surface area (Å²) in [7, 11) is 0. The highest BCUT2D eigenvalue weighted by Crippen LogP contribution is 2.38. The second kappa shape index (κ2) is 6.57. The van der Waals surface area contributed by atoms with E-state index in [0.29, 0.717) is 5.92 Å². The Morgan fingerprint density at radius 2 is 1.83 bits per heavy atom. The van der Waals surface area contributed by atoms with E-state index in [-0.39, 0.29) is 0 Å². The van der Waals surface area contributed by atoms with Crippen molar-refractivity contribution in [3.8, 4) is 0 Å². The molecule has 100 valence electrons. The van der Waals surface area contributed by atoms with Gasteiger partial charge in [0.2, 0.25) is 0 Å². The Morgan fingerprint density at radius 1 is 1.11 bits per heavy atom. The zero-order chi connectivity index (χ0) is 12.8. The molecule has 0 atom stereocenters. The lowest BCUT2D eigenvalue weighted by Gasteiger charge is -2.10. The van der Waals surface area contributed by atoms with Crippen molar-refractivity contribution in [1.29, 1.82) is 0 Å². The molecule has 0 radical (unpaired) electrons. The zero-order valence-corrected chi connectivity index (χ0v) is 11.5. The molecular formula is C14H24N4. The molecule has 0 bridgehead atoms. The predicted molar refractivity (Wildman–Crippen MR) is 76.2 cm³/mol. The van der Waals surface area contributed by atoms with Crippen LogP contribution in [0.15, 0.2) is 6.07 Å². The summed E-state index contributed by atoms with van der Waals surface area (Å²) in [5.41, 5.74) is 0. The molecule has 1 aliphatic rings. The zero-order valence-electron chi connectivity index (χ0n) is 11.5. The van der Waals surface area contributed by atoms with Crippen molar-refractivity contribution < 1.29 is 0 Å². The number of nitrogens with zero attached hydrogens (tertiary/aromatic N) is 2. The van der Waals surface area contributed by atoms with Gasteiger partial charge < -0.3 is 10.6 Å². The fourth-order valence-corrected chi connectivity index (χ4v) is 1.94. The van der Waals surface area contributed by atoms with Gasteiger partial charge in [0.1, 0.15) is 17.5 Å². The Labute approximate surface area is 110 Å². The van der Waals surface area contributed by atoms with Crippen LogP contribution in [0.4, 0.5) is 11.6 Å². The van der Waals surface area contributed by atoms with Gasteiger partial charge in [-0.15, -0.1) is 0 Å². The lowest BCUT2D eigenvalue weighted by molar-refractivity contribution is 0.741. The van der Waals surface area contributed by atoms with Gasteiger partial charge >= 0.3 is 0 Å². The fraction of sp³-hybridized carbons (Fsp3) is 0.714. The number of unbranched alkanes of at least 4 members (excludes halogenated alkanes) is 2. The minimum Gasteiger partial charge on any atom is -0.370 e. The van der Waals surface area contributed by atoms with Gasteiger partial charge in [-0.3, -0.25) is 0 Å². The van der Waals surface area contributed by atoms with E-state index in [0.717, 1.165) is 30.5 Å². The Kier molecular flexibility index (Phi) is 4.79. The number of hydrogen-bond donors (Lipinski definition) is 2. The highest BCUT2D eigenvalue weighted by Gasteiger charge is 2.27. The van der Waals surface area contributed by atoms with Gasteiger partial charge in [-0.05, 0) is 26.2 Å². The smallest absolute Gasteiger partial charge is 0.136 e. The average Bonchev–Trinajstić information content (AvgIpc) is 3.19. The SMILES string of the molecule is CCCCCNc1cc(NCC)nc(C2CC2)n1. The number of rotatable bonds is 8. The highest BCUT2D eigenvalue weighted by molar-refractivity contribution is 5.48. The number of hydrogen-bond acceptors (Lipinski definition) is 4. The van der Waals surface area contributed by atoms with Crippen molar-refractivity contribution >= 4 is 11.6 Å². The molecule has 2 N–H and O–H groups in total. The molecule has 1 aliphatic carbocycles. The molecule has 1 fully saturated rings. The Hall–Kier alpha value is -1.32. The summed E-state index contributed by atoms with van der Waals surface area (Å²) in [5.74, 6) is 3.53. The molecule has 0 saturated heterocycles. The highest BCUT2D eigenvalue weighted by atomic mass is 15.1. The molecule has 0 amide bonds. The molecule has 1 aromatic rings. The van der Waals surface area contributed by atoms with Crippen LogP contribution in [-0.4, -0.2) is 23.1 Å². The third-order valence-electron chi connectivity index (χ3n) is 3.13. The molecule has 0 unspecified atom stereocenters. The molecule has 4 heteroatoms. The largest absolute Gasteiger partial charge is 0.370 e. The van der Waals surface area contributed by atoms with E-state index in [1.165, 1.54) is 32.1 Å². The molecule has 1 aromatic heterocycles. The van der Waals surface area contributed by atoms with Gasteiger partial charge in [-0.2, -0.15) is 0 Å². The summed E-state index contributed by atoms with van der Waals surface area (Å²) >= 11 is 0. The Morgan fingerprint density at radius 3 is 2.44 bits per heavy atom. The van der Waals surface area contributed by atoms with Gasteiger partial charge in [-0.25, -0.2) is 9.97 Å². The third-order valence-corrected chi connectivity index (χ3v) is 3.13. The average molecular weight is 248 g/mol. The van der Waals surface area contributed by atoms with Crippen molar-refractivity contribution in [2.75, 3.05) is 23.7 Å². The van der Waals surface area contributed by atoms with Gasteiger partial charge in [0.25, 0.3) is 0 Å². The second-order valence-electron chi connectivity index (χ2n) is 4.94. The van der Waals surface area contributed by atoms with E-state index in [2.05, 4.69) is 34.4 Å². The molecule has 0 aliphatic heterocycles. The van der Waals surface area contributed by atoms with Crippen LogP contribution < -0.4 is 10.6 Å². The minimum atomic E-state index is 0.597. The van der Waals surface area contributed by atoms with Crippen molar-refractivity contribution in [3.63, 3.8) is 0 Å². The second-order valence-corrected chi connectivity index (χ2v) is 4.94. The summed E-state index contributed by atoms with van der Waals surface area (Å²) < 4.78 is 0. The summed E-state index contributed by atoms with van der Waals surface area (Å²) in [6.07, 6.45) is 6.21. The number of nitrogens with one attached hydrogen (secondary N) is 2. The van der Waals surface area contributed by atoms with Crippen LogP contribution in [0, 0.1) is 0 Å². The lowest BCUT2D eigenvalue weighted by Crippen LogP contribution is -2.08. The molecule has 18 heavy (non-hydrogen) atoms. The van der Waals surface area contributed by atoms with Crippen molar-refractivity contribution in [2.45, 2.75) is 51.9 Å². The normalized spacial score (nSPS) is 14.6. The molecule has 0 aromatic carbocycles. The first-order chi connectivity index (χ1) is 8.83. The Bertz CT molecular complexity index is 374. The molecule has 2 rings (SSSR count). The predicted octanol–water partition coefficient (Wildman–Crippen LogP) is 3.39. The molecule has 1 saturated carbocycles. The number of anilines is 2. The van der Waals surface area contributed by atoms with Gasteiger partial charge in [0.15, 0.2) is 0 Å². The summed E-state index contributed by atoms with van der Waals surface area (Å²) in [4.78, 5) is 9.18. The summed E-state index contributed by atoms with van der Waals surface area (Å²) in [5, 5.41) is 6.69. The molecule has 0 spiro atoms. The molecule has 4 nitrogen and oxygen atoms in total. The van der Waals surface area contributed by atoms with Crippen molar-refractivity contribution in [2.24, 2.45) is 0 Å². The first kappa shape index (κ1) is 13.1. The van der Waals surface area contributed by atoms with Gasteiger partial charge in [0, 0.05) is 25.1 Å². The number of aromatic nitrogens is 2. The standard InChI is InChI=1S/C14H24N4/c1-3-5-6-9-16-13-10-12(15-4-2)17-14(18-13)11-7-8-11/h10-11H,3-9H2,1-2H3,(H2,15,16,17,18). The van der Waals surface area contributed by atoms with Crippen LogP contribution >= 0.6 is 0 Å². The van der Waals surface area contributed by atoms with Crippen molar-refractivity contribution in [3.05, 3.63) is 11.9 Å². The summed E-state index contributed by atoms with van der Waals surface area (Å²) in [6.45, 7) is 6.21. The van der Waals surface area contributed by atoms with Gasteiger partial charge in [-0.1, -0.05) is 19.8 Å². The van der Waals surface area contributed by atoms with Crippen LogP contribution in [0.1, 0.15) is 57.7 Å². The molecular weight excluding hydrogens is 224 g/mol. The third kappa shape index (κ3) is 3.86. The lowest BCUT2D eigenvalue weighted by atomic mass is 10.2. The van der Waals surface area contributed by atoms with E-state index >= 15 is 0 Å². The fourth-order valence-electron chi connectivity index (χ4n) is 1.94. The first-order valence-corrected chi connectivity index (χ1v) is 7.20. The Balaban J connectivity index is 1.98. The topological polar surface area (TPSA) is 49.8 Å². The first-order valence-electron chi connectivity index (χ1n) is 7.20. The van der Waals surface area contributed by atoms with Crippen LogP contribution in [0.2, 0.25) is 0 Å². The van der Waals surface area contributed by atoms with Crippen LogP contribution in [0.5, 0.6) is 0 Å². The van der Waals surface area contributed by atoms with Crippen molar-refractivity contribution in [1.82, 2.24) is 9.97 Å². The van der Waals surface area contributed by atoms with E-state index in [4.69, 9.17) is 0 Å². The maximum absolute atomic E-state index is 4.61. The quantitative estimate of drug-likeness (QED) is 0.692.